The van der Waals surface area contributed by atoms with E-state index in [1.165, 1.54) is 24.3 Å². The maximum atomic E-state index is 13.4. The van der Waals surface area contributed by atoms with Gasteiger partial charge >= 0.3 is 5.97 Å². The number of carboxylic acid groups (broad SMARTS) is 1. The van der Waals surface area contributed by atoms with Crippen molar-refractivity contribution >= 4 is 11.9 Å². The summed E-state index contributed by atoms with van der Waals surface area (Å²) in [6, 6.07) is 12.4. The van der Waals surface area contributed by atoms with E-state index in [1.54, 1.807) is 6.20 Å². The van der Waals surface area contributed by atoms with Crippen molar-refractivity contribution in [3.8, 4) is 5.75 Å². The highest BCUT2D eigenvalue weighted by atomic mass is 19.1. The second-order valence-corrected chi connectivity index (χ2v) is 9.02. The van der Waals surface area contributed by atoms with Crippen LogP contribution in [0.25, 0.3) is 0 Å². The minimum absolute atomic E-state index is 0.0269. The van der Waals surface area contributed by atoms with Crippen molar-refractivity contribution in [1.82, 2.24) is 15.2 Å². The molecule has 2 aromatic carbocycles. The number of nitrogens with zero attached hydrogens (tertiary/aromatic N) is 2. The summed E-state index contributed by atoms with van der Waals surface area (Å²) >= 11 is 0. The van der Waals surface area contributed by atoms with E-state index in [1.807, 2.05) is 18.3 Å². The largest absolute Gasteiger partial charge is 0.508 e. The fraction of sp³-hybridized carbons (Fsp3) is 0.296. The molecule has 1 amide bonds. The predicted octanol–water partition coefficient (Wildman–Crippen LogP) is 3.89. The number of hydrogen-bond acceptors (Lipinski definition) is 5. The maximum Gasteiger partial charge on any atom is 0.335 e. The van der Waals surface area contributed by atoms with E-state index in [4.69, 9.17) is 10.2 Å². The van der Waals surface area contributed by atoms with Gasteiger partial charge in [0.15, 0.2) is 0 Å². The number of amides is 1. The standard InChI is InChI=1S/C20H21F2N3O.C7H6O3/c21-16-9-15(10-17(22)11-16)20(26)24-19-14-3-6-25(7-4-14)18(19)8-13-2-1-5-23-12-13;8-6-3-1-5(2-4-6)7(9)10/h1-2,5,9-12,14,18-19H,3-4,6-8H2,(H,24,26);1-4,8H,(H,9,10)/t18-,19+;/m0./s1. The molecule has 7 nitrogen and oxygen atoms in total. The van der Waals surface area contributed by atoms with E-state index < -0.39 is 23.5 Å². The molecule has 6 rings (SSSR count). The number of carboxylic acids is 1. The minimum Gasteiger partial charge on any atom is -0.508 e. The smallest absolute Gasteiger partial charge is 0.335 e. The molecular weight excluding hydrogens is 468 g/mol. The third-order valence-electron chi connectivity index (χ3n) is 6.67. The number of carbonyl (C=O) groups is 2. The van der Waals surface area contributed by atoms with Crippen molar-refractivity contribution in [2.24, 2.45) is 5.92 Å². The van der Waals surface area contributed by atoms with Crippen LogP contribution in [0.4, 0.5) is 8.78 Å². The lowest BCUT2D eigenvalue weighted by Gasteiger charge is -2.51. The van der Waals surface area contributed by atoms with Crippen LogP contribution in [-0.4, -0.2) is 57.1 Å². The summed E-state index contributed by atoms with van der Waals surface area (Å²) in [4.78, 5) is 29.4. The van der Waals surface area contributed by atoms with Crippen LogP contribution in [0.5, 0.6) is 5.75 Å². The van der Waals surface area contributed by atoms with E-state index >= 15 is 0 Å². The van der Waals surface area contributed by atoms with Crippen LogP contribution in [-0.2, 0) is 6.42 Å². The number of phenols is 1. The lowest BCUT2D eigenvalue weighted by Crippen LogP contribution is -2.64. The van der Waals surface area contributed by atoms with Crippen LogP contribution in [0.2, 0.25) is 0 Å². The van der Waals surface area contributed by atoms with Gasteiger partial charge in [-0.05, 0) is 86.3 Å². The van der Waals surface area contributed by atoms with E-state index in [0.717, 1.165) is 56.1 Å². The molecule has 2 atom stereocenters. The molecular formula is C27H27F2N3O4. The number of aromatic nitrogens is 1. The molecule has 0 spiro atoms. The number of piperidine rings is 3. The Kier molecular flexibility index (Phi) is 7.90. The molecule has 0 radical (unpaired) electrons. The fourth-order valence-electron chi connectivity index (χ4n) is 4.91. The van der Waals surface area contributed by atoms with Crippen LogP contribution < -0.4 is 5.32 Å². The van der Waals surface area contributed by atoms with Gasteiger partial charge in [-0.1, -0.05) is 6.07 Å². The zero-order valence-electron chi connectivity index (χ0n) is 19.5. The van der Waals surface area contributed by atoms with Gasteiger partial charge in [-0.3, -0.25) is 14.7 Å². The first-order valence-corrected chi connectivity index (χ1v) is 11.7. The molecule has 3 N–H and O–H groups in total. The quantitative estimate of drug-likeness (QED) is 0.497. The van der Waals surface area contributed by atoms with Crippen LogP contribution in [0.3, 0.4) is 0 Å². The molecule has 0 saturated carbocycles. The van der Waals surface area contributed by atoms with Gasteiger partial charge in [0.25, 0.3) is 5.91 Å². The first-order chi connectivity index (χ1) is 17.3. The van der Waals surface area contributed by atoms with Crippen molar-refractivity contribution in [3.05, 3.63) is 95.3 Å². The summed E-state index contributed by atoms with van der Waals surface area (Å²) in [6.07, 6.45) is 6.46. The normalized spacial score (nSPS) is 22.3. The highest BCUT2D eigenvalue weighted by Gasteiger charge is 2.42. The molecule has 2 bridgehead atoms. The van der Waals surface area contributed by atoms with Gasteiger partial charge in [-0.15, -0.1) is 0 Å². The molecule has 188 valence electrons. The van der Waals surface area contributed by atoms with E-state index in [2.05, 4.69) is 15.2 Å². The molecule has 9 heteroatoms. The number of aromatic hydroxyl groups is 1. The highest BCUT2D eigenvalue weighted by Crippen LogP contribution is 2.34. The number of phenolic OH excluding ortho intramolecular Hbond substituents is 1. The molecule has 4 heterocycles. The Morgan fingerprint density at radius 2 is 1.67 bits per heavy atom. The van der Waals surface area contributed by atoms with E-state index in [-0.39, 0.29) is 29.0 Å². The molecule has 3 fully saturated rings. The second-order valence-electron chi connectivity index (χ2n) is 9.02. The van der Waals surface area contributed by atoms with Crippen molar-refractivity contribution in [2.75, 3.05) is 13.1 Å². The molecule has 0 aliphatic carbocycles. The molecule has 3 saturated heterocycles. The van der Waals surface area contributed by atoms with Crippen LogP contribution in [0.15, 0.2) is 67.0 Å². The number of fused-ring (bicyclic) bond motifs is 3. The van der Waals surface area contributed by atoms with Crippen molar-refractivity contribution in [2.45, 2.75) is 31.3 Å². The van der Waals surface area contributed by atoms with Gasteiger partial charge < -0.3 is 15.5 Å². The number of benzene rings is 2. The number of rotatable bonds is 5. The Hall–Kier alpha value is -3.85. The number of pyridine rings is 1. The van der Waals surface area contributed by atoms with Gasteiger partial charge in [0.05, 0.1) is 5.56 Å². The van der Waals surface area contributed by atoms with Crippen LogP contribution in [0, 0.1) is 17.6 Å². The molecule has 36 heavy (non-hydrogen) atoms. The lowest BCUT2D eigenvalue weighted by molar-refractivity contribution is 0.0136. The molecule has 3 aromatic rings. The topological polar surface area (TPSA) is 103 Å². The third-order valence-corrected chi connectivity index (χ3v) is 6.67. The third kappa shape index (κ3) is 6.23. The zero-order valence-corrected chi connectivity index (χ0v) is 19.5. The summed E-state index contributed by atoms with van der Waals surface area (Å²) in [6.45, 7) is 2.05. The van der Waals surface area contributed by atoms with E-state index in [9.17, 15) is 18.4 Å². The SMILES string of the molecule is O=C(N[C@@H]1C2CCN(CC2)[C@H]1Cc1cccnc1)c1cc(F)cc(F)c1.O=C(O)c1ccc(O)cc1. The molecule has 0 unspecified atom stereocenters. The Labute approximate surface area is 207 Å². The Balaban J connectivity index is 0.000000256. The van der Waals surface area contributed by atoms with Gasteiger partial charge in [0, 0.05) is 36.1 Å². The Bertz CT molecular complexity index is 1180. The maximum absolute atomic E-state index is 13.4. The molecule has 3 aliphatic rings. The van der Waals surface area contributed by atoms with Crippen molar-refractivity contribution in [1.29, 1.82) is 0 Å². The summed E-state index contributed by atoms with van der Waals surface area (Å²) in [5, 5.41) is 20.2. The predicted molar refractivity (Wildman–Crippen MR) is 129 cm³/mol. The number of carbonyl (C=O) groups excluding carboxylic acids is 1. The average Bonchev–Trinajstić information content (AvgIpc) is 2.87. The molecule has 1 aromatic heterocycles. The number of nitrogens with one attached hydrogen (secondary N) is 1. The van der Waals surface area contributed by atoms with Crippen LogP contribution >= 0.6 is 0 Å². The average molecular weight is 496 g/mol. The lowest BCUT2D eigenvalue weighted by atomic mass is 9.76. The number of hydrogen-bond donors (Lipinski definition) is 3. The van der Waals surface area contributed by atoms with Gasteiger partial charge in [0.2, 0.25) is 0 Å². The van der Waals surface area contributed by atoms with Gasteiger partial charge in [-0.2, -0.15) is 0 Å². The Morgan fingerprint density at radius 3 is 2.25 bits per heavy atom. The second kappa shape index (κ2) is 11.3. The highest BCUT2D eigenvalue weighted by molar-refractivity contribution is 5.94. The summed E-state index contributed by atoms with van der Waals surface area (Å²) < 4.78 is 26.9. The summed E-state index contributed by atoms with van der Waals surface area (Å²) in [5.74, 6) is -2.42. The number of aromatic carboxylic acids is 1. The van der Waals surface area contributed by atoms with Gasteiger partial charge in [0.1, 0.15) is 17.4 Å². The summed E-state index contributed by atoms with van der Waals surface area (Å²) in [7, 11) is 0. The zero-order chi connectivity index (χ0) is 25.7. The summed E-state index contributed by atoms with van der Waals surface area (Å²) in [5.41, 5.74) is 1.33. The minimum atomic E-state index is -0.986. The first-order valence-electron chi connectivity index (χ1n) is 11.7. The van der Waals surface area contributed by atoms with Crippen molar-refractivity contribution in [3.63, 3.8) is 0 Å². The monoisotopic (exact) mass is 495 g/mol. The number of halogens is 2. The van der Waals surface area contributed by atoms with E-state index in [0.29, 0.717) is 5.92 Å². The first kappa shape index (κ1) is 25.2. The molecule has 3 aliphatic heterocycles. The van der Waals surface area contributed by atoms with Gasteiger partial charge in [-0.25, -0.2) is 13.6 Å². The van der Waals surface area contributed by atoms with Crippen molar-refractivity contribution < 1.29 is 28.6 Å². The fourth-order valence-corrected chi connectivity index (χ4v) is 4.91. The Morgan fingerprint density at radius 1 is 1.00 bits per heavy atom. The van der Waals surface area contributed by atoms with Crippen LogP contribution in [0.1, 0.15) is 39.1 Å².